The second kappa shape index (κ2) is 11.1. The molecule has 0 radical (unpaired) electrons. The zero-order chi connectivity index (χ0) is 22.3. The SMILES string of the molecule is CSCC[C@H](NC(=O)C1CCN(S(=O)(=O)c2ccc(F)cc2)CC1)C(=O)NC(C)C. The standard InChI is InChI=1S/C20H30FN3O4S2/c1-14(2)22-20(26)18(10-13-29-3)23-19(25)15-8-11-24(12-9-15)30(27,28)17-6-4-16(21)5-7-17/h4-7,14-15,18H,8-13H2,1-3H3,(H,22,26)(H,23,25)/t18-/m0/s1. The molecule has 1 aliphatic heterocycles. The molecular weight excluding hydrogens is 429 g/mol. The molecule has 2 N–H and O–H groups in total. The maximum atomic E-state index is 13.1. The fourth-order valence-electron chi connectivity index (χ4n) is 3.29. The second-order valence-corrected chi connectivity index (χ2v) is 10.6. The molecular formula is C20H30FN3O4S2. The predicted molar refractivity (Wildman–Crippen MR) is 116 cm³/mol. The molecule has 1 aromatic carbocycles. The van der Waals surface area contributed by atoms with Crippen LogP contribution in [-0.4, -0.2) is 61.7 Å². The minimum Gasteiger partial charge on any atom is -0.352 e. The lowest BCUT2D eigenvalue weighted by molar-refractivity contribution is -0.132. The number of hydrogen-bond acceptors (Lipinski definition) is 5. The summed E-state index contributed by atoms with van der Waals surface area (Å²) in [6.45, 7) is 4.13. The Morgan fingerprint density at radius 3 is 2.30 bits per heavy atom. The van der Waals surface area contributed by atoms with Crippen LogP contribution >= 0.6 is 11.8 Å². The summed E-state index contributed by atoms with van der Waals surface area (Å²) in [7, 11) is -3.72. The zero-order valence-corrected chi connectivity index (χ0v) is 19.2. The van der Waals surface area contributed by atoms with Crippen LogP contribution in [-0.2, 0) is 19.6 Å². The molecule has 10 heteroatoms. The van der Waals surface area contributed by atoms with Gasteiger partial charge < -0.3 is 10.6 Å². The van der Waals surface area contributed by atoms with Crippen LogP contribution in [0.4, 0.5) is 4.39 Å². The third-order valence-electron chi connectivity index (χ3n) is 4.95. The van der Waals surface area contributed by atoms with Gasteiger partial charge in [0.2, 0.25) is 21.8 Å². The van der Waals surface area contributed by atoms with Gasteiger partial charge in [0.15, 0.2) is 0 Å². The van der Waals surface area contributed by atoms with Crippen LogP contribution < -0.4 is 10.6 Å². The first-order valence-corrected chi connectivity index (χ1v) is 12.8. The van der Waals surface area contributed by atoms with Crippen LogP contribution in [0.2, 0.25) is 0 Å². The minimum atomic E-state index is -3.72. The third-order valence-corrected chi connectivity index (χ3v) is 7.51. The maximum absolute atomic E-state index is 13.1. The molecule has 1 saturated heterocycles. The number of rotatable bonds is 9. The van der Waals surface area contributed by atoms with Crippen molar-refractivity contribution in [2.75, 3.05) is 25.1 Å². The molecule has 0 aromatic heterocycles. The van der Waals surface area contributed by atoms with Crippen LogP contribution in [0.1, 0.15) is 33.1 Å². The Morgan fingerprint density at radius 1 is 1.17 bits per heavy atom. The van der Waals surface area contributed by atoms with Crippen molar-refractivity contribution in [3.8, 4) is 0 Å². The van der Waals surface area contributed by atoms with Crippen molar-refractivity contribution in [1.29, 1.82) is 0 Å². The number of benzene rings is 1. The molecule has 1 aromatic rings. The van der Waals surface area contributed by atoms with E-state index < -0.39 is 21.9 Å². The fraction of sp³-hybridized carbons (Fsp3) is 0.600. The molecule has 0 spiro atoms. The summed E-state index contributed by atoms with van der Waals surface area (Å²) < 4.78 is 39.8. The number of hydrogen-bond donors (Lipinski definition) is 2. The highest BCUT2D eigenvalue weighted by atomic mass is 32.2. The molecule has 1 aliphatic rings. The van der Waals surface area contributed by atoms with Crippen LogP contribution in [0.15, 0.2) is 29.2 Å². The maximum Gasteiger partial charge on any atom is 0.243 e. The molecule has 0 aliphatic carbocycles. The van der Waals surface area contributed by atoms with Gasteiger partial charge in [-0.1, -0.05) is 0 Å². The molecule has 1 atom stereocenters. The first-order chi connectivity index (χ1) is 14.1. The first-order valence-electron chi connectivity index (χ1n) is 10.0. The summed E-state index contributed by atoms with van der Waals surface area (Å²) >= 11 is 1.60. The molecule has 0 saturated carbocycles. The van der Waals surface area contributed by atoms with E-state index in [1.807, 2.05) is 20.1 Å². The van der Waals surface area contributed by atoms with Crippen LogP contribution in [0.5, 0.6) is 0 Å². The molecule has 1 heterocycles. The highest BCUT2D eigenvalue weighted by molar-refractivity contribution is 7.98. The first kappa shape index (κ1) is 24.6. The van der Waals surface area contributed by atoms with E-state index in [0.29, 0.717) is 19.3 Å². The highest BCUT2D eigenvalue weighted by Gasteiger charge is 2.33. The van der Waals surface area contributed by atoms with Crippen molar-refractivity contribution in [2.24, 2.45) is 5.92 Å². The Balaban J connectivity index is 1.96. The van der Waals surface area contributed by atoms with Crippen LogP contribution in [0.25, 0.3) is 0 Å². The van der Waals surface area contributed by atoms with Gasteiger partial charge >= 0.3 is 0 Å². The van der Waals surface area contributed by atoms with Gasteiger partial charge in [-0.25, -0.2) is 12.8 Å². The largest absolute Gasteiger partial charge is 0.352 e. The van der Waals surface area contributed by atoms with Gasteiger partial charge in [0.25, 0.3) is 0 Å². The monoisotopic (exact) mass is 459 g/mol. The van der Waals surface area contributed by atoms with Crippen LogP contribution in [0.3, 0.4) is 0 Å². The van der Waals surface area contributed by atoms with Gasteiger partial charge in [0, 0.05) is 25.0 Å². The Bertz CT molecular complexity index is 823. The lowest BCUT2D eigenvalue weighted by Crippen LogP contribution is -2.51. The quantitative estimate of drug-likeness (QED) is 0.589. The van der Waals surface area contributed by atoms with Crippen molar-refractivity contribution in [2.45, 2.75) is 50.1 Å². The van der Waals surface area contributed by atoms with E-state index in [1.54, 1.807) is 11.8 Å². The fourth-order valence-corrected chi connectivity index (χ4v) is 5.23. The number of nitrogens with zero attached hydrogens (tertiary/aromatic N) is 1. The predicted octanol–water partition coefficient (Wildman–Crippen LogP) is 1.99. The number of piperidine rings is 1. The smallest absolute Gasteiger partial charge is 0.243 e. The summed E-state index contributed by atoms with van der Waals surface area (Å²) in [5.41, 5.74) is 0. The summed E-state index contributed by atoms with van der Waals surface area (Å²) in [5, 5.41) is 5.68. The summed E-state index contributed by atoms with van der Waals surface area (Å²) in [5.74, 6) is -0.539. The molecule has 7 nitrogen and oxygen atoms in total. The van der Waals surface area contributed by atoms with Crippen molar-refractivity contribution < 1.29 is 22.4 Å². The van der Waals surface area contributed by atoms with Crippen molar-refractivity contribution >= 4 is 33.6 Å². The molecule has 2 amide bonds. The van der Waals surface area contributed by atoms with E-state index in [0.717, 1.165) is 17.9 Å². The molecule has 30 heavy (non-hydrogen) atoms. The average Bonchev–Trinajstić information content (AvgIpc) is 2.70. The van der Waals surface area contributed by atoms with Gasteiger partial charge in [-0.3, -0.25) is 9.59 Å². The third kappa shape index (κ3) is 6.68. The van der Waals surface area contributed by atoms with E-state index in [-0.39, 0.29) is 41.8 Å². The highest BCUT2D eigenvalue weighted by Crippen LogP contribution is 2.24. The summed E-state index contributed by atoms with van der Waals surface area (Å²) in [6.07, 6.45) is 3.21. The van der Waals surface area contributed by atoms with Crippen molar-refractivity contribution in [1.82, 2.24) is 14.9 Å². The van der Waals surface area contributed by atoms with Gasteiger partial charge in [-0.15, -0.1) is 0 Å². The lowest BCUT2D eigenvalue weighted by Gasteiger charge is -2.31. The van der Waals surface area contributed by atoms with E-state index in [1.165, 1.54) is 16.4 Å². The van der Waals surface area contributed by atoms with E-state index in [9.17, 15) is 22.4 Å². The number of carbonyl (C=O) groups is 2. The molecule has 1 fully saturated rings. The number of amides is 2. The number of thioether (sulfide) groups is 1. The normalized spacial score (nSPS) is 17.0. The topological polar surface area (TPSA) is 95.6 Å². The second-order valence-electron chi connectivity index (χ2n) is 7.64. The molecule has 168 valence electrons. The Labute approximate surface area is 182 Å². The zero-order valence-electron chi connectivity index (χ0n) is 17.6. The summed E-state index contributed by atoms with van der Waals surface area (Å²) in [6, 6.07) is 4.09. The number of nitrogens with one attached hydrogen (secondary N) is 2. The van der Waals surface area contributed by atoms with E-state index in [4.69, 9.17) is 0 Å². The van der Waals surface area contributed by atoms with E-state index in [2.05, 4.69) is 10.6 Å². The molecule has 2 rings (SSSR count). The van der Waals surface area contributed by atoms with Crippen LogP contribution in [0, 0.1) is 11.7 Å². The average molecular weight is 460 g/mol. The minimum absolute atomic E-state index is 0.0221. The van der Waals surface area contributed by atoms with Gasteiger partial charge in [0.05, 0.1) is 4.90 Å². The number of sulfonamides is 1. The number of halogens is 1. The lowest BCUT2D eigenvalue weighted by atomic mass is 9.96. The summed E-state index contributed by atoms with van der Waals surface area (Å²) in [4.78, 5) is 25.1. The van der Waals surface area contributed by atoms with Crippen molar-refractivity contribution in [3.63, 3.8) is 0 Å². The van der Waals surface area contributed by atoms with Crippen molar-refractivity contribution in [3.05, 3.63) is 30.1 Å². The Morgan fingerprint density at radius 2 is 1.77 bits per heavy atom. The molecule has 0 unspecified atom stereocenters. The van der Waals surface area contributed by atoms with Gasteiger partial charge in [-0.2, -0.15) is 16.1 Å². The van der Waals surface area contributed by atoms with E-state index >= 15 is 0 Å². The van der Waals surface area contributed by atoms with Gasteiger partial charge in [0.1, 0.15) is 11.9 Å². The molecule has 0 bridgehead atoms. The Hall–Kier alpha value is -1.65. The number of carbonyl (C=O) groups excluding carboxylic acids is 2. The van der Waals surface area contributed by atoms with Gasteiger partial charge in [-0.05, 0) is 69.4 Å². The Kier molecular flexibility index (Phi) is 9.11.